The van der Waals surface area contributed by atoms with Gasteiger partial charge in [-0.3, -0.25) is 19.9 Å². The third-order valence-corrected chi connectivity index (χ3v) is 3.89. The van der Waals surface area contributed by atoms with Gasteiger partial charge in [0.05, 0.1) is 16.7 Å². The maximum atomic E-state index is 11.6. The van der Waals surface area contributed by atoms with E-state index in [1.165, 1.54) is 5.01 Å². The number of carbonyl (C=O) groups excluding carboxylic acids is 1. The van der Waals surface area contributed by atoms with E-state index in [0.717, 1.165) is 15.9 Å². The zero-order valence-electron chi connectivity index (χ0n) is 10.5. The number of hydrogen-bond donors (Lipinski definition) is 2. The zero-order valence-corrected chi connectivity index (χ0v) is 12.9. The summed E-state index contributed by atoms with van der Waals surface area (Å²) in [7, 11) is 1.60. The van der Waals surface area contributed by atoms with Gasteiger partial charge in [-0.25, -0.2) is 0 Å². The molecule has 8 heteroatoms. The summed E-state index contributed by atoms with van der Waals surface area (Å²) >= 11 is 8.16. The number of thiocarbonyl (C=S) groups is 1. The van der Waals surface area contributed by atoms with Crippen LogP contribution in [0.4, 0.5) is 0 Å². The molecule has 1 aromatic rings. The predicted molar refractivity (Wildman–Crippen MR) is 76.7 cm³/mol. The van der Waals surface area contributed by atoms with E-state index in [2.05, 4.69) is 26.5 Å². The average molecular weight is 334 g/mol. The van der Waals surface area contributed by atoms with Gasteiger partial charge in [0.2, 0.25) is 5.91 Å². The third kappa shape index (κ3) is 3.67. The second-order valence-corrected chi connectivity index (χ2v) is 5.10. The van der Waals surface area contributed by atoms with E-state index in [0.29, 0.717) is 13.0 Å². The molecule has 0 aromatic carbocycles. The molecule has 0 aliphatic rings. The highest BCUT2D eigenvalue weighted by Gasteiger charge is 2.11. The second-order valence-electron chi connectivity index (χ2n) is 3.89. The number of carbonyl (C=O) groups is 1. The lowest BCUT2D eigenvalue weighted by molar-refractivity contribution is -0.124. The molecule has 0 atom stereocenters. The highest BCUT2D eigenvalue weighted by atomic mass is 79.9. The first-order valence-electron chi connectivity index (χ1n) is 5.35. The van der Waals surface area contributed by atoms with Crippen LogP contribution in [-0.2, 0) is 11.3 Å². The first-order chi connectivity index (χ1) is 8.32. The van der Waals surface area contributed by atoms with Gasteiger partial charge in [0, 0.05) is 19.2 Å². The Hall–Kier alpha value is -1.15. The number of rotatable bonds is 3. The monoisotopic (exact) mass is 333 g/mol. The van der Waals surface area contributed by atoms with E-state index >= 15 is 0 Å². The van der Waals surface area contributed by atoms with Gasteiger partial charge in [-0.15, -0.1) is 0 Å². The van der Waals surface area contributed by atoms with Crippen molar-refractivity contribution in [2.24, 2.45) is 5.73 Å². The molecule has 3 N–H and O–H groups in total. The smallest absolute Gasteiger partial charge is 0.240 e. The van der Waals surface area contributed by atoms with Crippen molar-refractivity contribution in [1.82, 2.24) is 20.2 Å². The first-order valence-corrected chi connectivity index (χ1v) is 6.55. The molecule has 6 nitrogen and oxygen atoms in total. The molecule has 0 saturated carbocycles. The molecule has 1 heterocycles. The van der Waals surface area contributed by atoms with Crippen LogP contribution in [0.2, 0.25) is 0 Å². The van der Waals surface area contributed by atoms with E-state index in [9.17, 15) is 4.79 Å². The zero-order chi connectivity index (χ0) is 13.9. The van der Waals surface area contributed by atoms with E-state index < -0.39 is 0 Å². The summed E-state index contributed by atoms with van der Waals surface area (Å²) in [6.07, 6.45) is 0.307. The second kappa shape index (κ2) is 6.14. The minimum absolute atomic E-state index is 0.122. The van der Waals surface area contributed by atoms with Crippen LogP contribution in [0.3, 0.4) is 0 Å². The van der Waals surface area contributed by atoms with E-state index in [1.807, 2.05) is 13.8 Å². The number of hydrazine groups is 1. The molecule has 18 heavy (non-hydrogen) atoms. The van der Waals surface area contributed by atoms with Crippen molar-refractivity contribution in [3.8, 4) is 0 Å². The minimum atomic E-state index is -0.158. The third-order valence-electron chi connectivity index (χ3n) is 2.47. The van der Waals surface area contributed by atoms with Crippen molar-refractivity contribution in [2.75, 3.05) is 7.05 Å². The van der Waals surface area contributed by atoms with Crippen LogP contribution in [-0.4, -0.2) is 32.9 Å². The molecule has 0 fully saturated rings. The predicted octanol–water partition coefficient (Wildman–Crippen LogP) is 0.859. The highest BCUT2D eigenvalue weighted by molar-refractivity contribution is 9.10. The van der Waals surface area contributed by atoms with Gasteiger partial charge in [0.1, 0.15) is 0 Å². The van der Waals surface area contributed by atoms with E-state index in [-0.39, 0.29) is 11.0 Å². The fraction of sp³-hybridized carbons (Fsp3) is 0.500. The Labute approximate surface area is 120 Å². The summed E-state index contributed by atoms with van der Waals surface area (Å²) in [6, 6.07) is 0. The molecule has 0 spiro atoms. The standard InChI is InChI=1S/C10H16BrN5OS/c1-6-9(11)7(2)16(13-6)5-4-8(17)14-15(3)10(12)18/h4-5H2,1-3H3,(H2,12,18)(H,14,17). The maximum absolute atomic E-state index is 11.6. The number of nitrogens with zero attached hydrogens (tertiary/aromatic N) is 3. The van der Waals surface area contributed by atoms with Gasteiger partial charge < -0.3 is 5.73 Å². The first kappa shape index (κ1) is 14.9. The molecule has 100 valence electrons. The summed E-state index contributed by atoms with van der Waals surface area (Å²) in [6.45, 7) is 4.37. The van der Waals surface area contributed by atoms with Gasteiger partial charge in [-0.1, -0.05) is 0 Å². The number of amides is 1. The number of hydrogen-bond acceptors (Lipinski definition) is 3. The van der Waals surface area contributed by atoms with Crippen molar-refractivity contribution in [2.45, 2.75) is 26.8 Å². The fourth-order valence-electron chi connectivity index (χ4n) is 1.40. The molecule has 1 aromatic heterocycles. The summed E-state index contributed by atoms with van der Waals surface area (Å²) < 4.78 is 2.77. The number of nitrogens with one attached hydrogen (secondary N) is 1. The van der Waals surface area contributed by atoms with Crippen molar-refractivity contribution in [1.29, 1.82) is 0 Å². The topological polar surface area (TPSA) is 76.2 Å². The van der Waals surface area contributed by atoms with Gasteiger partial charge in [0.25, 0.3) is 0 Å². The largest absolute Gasteiger partial charge is 0.375 e. The van der Waals surface area contributed by atoms with Crippen LogP contribution in [0.1, 0.15) is 17.8 Å². The normalized spacial score (nSPS) is 10.2. The summed E-state index contributed by atoms with van der Waals surface area (Å²) in [5.74, 6) is -0.158. The van der Waals surface area contributed by atoms with Gasteiger partial charge in [-0.05, 0) is 42.0 Å². The lowest BCUT2D eigenvalue weighted by Crippen LogP contribution is -2.46. The Morgan fingerprint density at radius 3 is 2.67 bits per heavy atom. The Morgan fingerprint density at radius 2 is 2.22 bits per heavy atom. The average Bonchev–Trinajstić information content (AvgIpc) is 2.54. The molecular weight excluding hydrogens is 318 g/mol. The SMILES string of the molecule is Cc1nn(CCC(=O)NN(C)C(N)=S)c(C)c1Br. The van der Waals surface area contributed by atoms with Crippen molar-refractivity contribution >= 4 is 39.2 Å². The fourth-order valence-corrected chi connectivity index (χ4v) is 1.73. The molecule has 0 unspecified atom stereocenters. The van der Waals surface area contributed by atoms with Crippen LogP contribution >= 0.6 is 28.1 Å². The van der Waals surface area contributed by atoms with Gasteiger partial charge in [0.15, 0.2) is 5.11 Å². The van der Waals surface area contributed by atoms with Crippen molar-refractivity contribution in [3.63, 3.8) is 0 Å². The van der Waals surface area contributed by atoms with Gasteiger partial charge in [-0.2, -0.15) is 5.10 Å². The van der Waals surface area contributed by atoms with Crippen LogP contribution in [0.15, 0.2) is 4.47 Å². The Bertz CT molecular complexity index is 473. The maximum Gasteiger partial charge on any atom is 0.240 e. The Morgan fingerprint density at radius 1 is 1.61 bits per heavy atom. The number of halogens is 1. The molecule has 0 bridgehead atoms. The lowest BCUT2D eigenvalue weighted by Gasteiger charge is -2.17. The molecule has 1 rings (SSSR count). The van der Waals surface area contributed by atoms with E-state index in [1.54, 1.807) is 11.7 Å². The quantitative estimate of drug-likeness (QED) is 0.633. The molecule has 0 saturated heterocycles. The van der Waals surface area contributed by atoms with Crippen molar-refractivity contribution < 1.29 is 4.79 Å². The summed E-state index contributed by atoms with van der Waals surface area (Å²) in [5.41, 5.74) is 9.84. The molecule has 0 aliphatic heterocycles. The molecule has 0 radical (unpaired) electrons. The highest BCUT2D eigenvalue weighted by Crippen LogP contribution is 2.19. The minimum Gasteiger partial charge on any atom is -0.375 e. The lowest BCUT2D eigenvalue weighted by atomic mass is 10.4. The Kier molecular flexibility index (Phi) is 5.09. The number of nitrogens with two attached hydrogens (primary N) is 1. The van der Waals surface area contributed by atoms with Crippen molar-refractivity contribution in [3.05, 3.63) is 15.9 Å². The molecule has 1 amide bonds. The van der Waals surface area contributed by atoms with Crippen LogP contribution < -0.4 is 11.2 Å². The summed E-state index contributed by atoms with van der Waals surface area (Å²) in [4.78, 5) is 11.6. The molecular formula is C10H16BrN5OS. The molecule has 0 aliphatic carbocycles. The number of aryl methyl sites for hydroxylation is 2. The summed E-state index contributed by atoms with van der Waals surface area (Å²) in [5, 5.41) is 5.76. The van der Waals surface area contributed by atoms with Crippen LogP contribution in [0, 0.1) is 13.8 Å². The number of aromatic nitrogens is 2. The Balaban J connectivity index is 2.53. The van der Waals surface area contributed by atoms with Crippen LogP contribution in [0.5, 0.6) is 0 Å². The van der Waals surface area contributed by atoms with E-state index in [4.69, 9.17) is 18.0 Å². The van der Waals surface area contributed by atoms with Crippen LogP contribution in [0.25, 0.3) is 0 Å². The van der Waals surface area contributed by atoms with Gasteiger partial charge >= 0.3 is 0 Å².